The number of hydrogen-bond acceptors (Lipinski definition) is 4. The first-order chi connectivity index (χ1) is 16.0. The molecule has 1 aliphatic heterocycles. The number of ketones is 1. The third kappa shape index (κ3) is 4.15. The van der Waals surface area contributed by atoms with Gasteiger partial charge < -0.3 is 19.9 Å². The van der Waals surface area contributed by atoms with E-state index < -0.39 is 0 Å². The summed E-state index contributed by atoms with van der Waals surface area (Å²) in [4.78, 5) is 26.5. The van der Waals surface area contributed by atoms with Crippen molar-refractivity contribution >= 4 is 22.6 Å². The molecule has 0 atom stereocenters. The fraction of sp³-hybridized carbons (Fsp3) is 0.407. The van der Waals surface area contributed by atoms with Gasteiger partial charge in [-0.2, -0.15) is 0 Å². The molecule has 1 aliphatic carbocycles. The first-order valence-corrected chi connectivity index (χ1v) is 11.9. The van der Waals surface area contributed by atoms with Crippen molar-refractivity contribution in [3.05, 3.63) is 64.8 Å². The Kier molecular flexibility index (Phi) is 5.94. The van der Waals surface area contributed by atoms with Crippen LogP contribution in [0.5, 0.6) is 5.75 Å². The Morgan fingerprint density at radius 3 is 2.70 bits per heavy atom. The van der Waals surface area contributed by atoms with Crippen LogP contribution >= 0.6 is 0 Å². The zero-order valence-corrected chi connectivity index (χ0v) is 19.2. The van der Waals surface area contributed by atoms with E-state index in [1.165, 1.54) is 11.1 Å². The van der Waals surface area contributed by atoms with E-state index in [-0.39, 0.29) is 11.7 Å². The number of Topliss-reactive ketones (excluding diaryl/α,β-unsaturated/α-hetero) is 1. The van der Waals surface area contributed by atoms with E-state index in [0.29, 0.717) is 18.0 Å². The Bertz CT molecular complexity index is 1200. The molecule has 1 aromatic heterocycles. The number of methoxy groups -OCH3 is 1. The van der Waals surface area contributed by atoms with Crippen molar-refractivity contribution in [1.82, 2.24) is 9.47 Å². The summed E-state index contributed by atoms with van der Waals surface area (Å²) in [7, 11) is 1.71. The van der Waals surface area contributed by atoms with Gasteiger partial charge in [0, 0.05) is 54.9 Å². The highest BCUT2D eigenvalue weighted by Crippen LogP contribution is 2.33. The summed E-state index contributed by atoms with van der Waals surface area (Å²) in [6, 6.07) is 12.1. The predicted molar refractivity (Wildman–Crippen MR) is 129 cm³/mol. The maximum Gasteiger partial charge on any atom is 0.248 e. The minimum atomic E-state index is -0.389. The molecule has 0 saturated carbocycles. The predicted octanol–water partition coefficient (Wildman–Crippen LogP) is 4.15. The molecule has 1 fully saturated rings. The van der Waals surface area contributed by atoms with Gasteiger partial charge in [0.1, 0.15) is 5.75 Å². The van der Waals surface area contributed by atoms with Crippen molar-refractivity contribution in [3.63, 3.8) is 0 Å². The van der Waals surface area contributed by atoms with Gasteiger partial charge in [0.25, 0.3) is 0 Å². The number of aromatic nitrogens is 1. The SMILES string of the molecule is COc1ccc2c(c1CCN1CCC(n3ccc4ccc(C(N)=O)cc43)CC1)CCCC2=O. The van der Waals surface area contributed by atoms with Gasteiger partial charge in [-0.1, -0.05) is 6.07 Å². The zero-order chi connectivity index (χ0) is 22.9. The van der Waals surface area contributed by atoms with Crippen molar-refractivity contribution in [2.24, 2.45) is 5.73 Å². The second-order valence-electron chi connectivity index (χ2n) is 9.23. The molecule has 2 aliphatic rings. The summed E-state index contributed by atoms with van der Waals surface area (Å²) >= 11 is 0. The van der Waals surface area contributed by atoms with E-state index >= 15 is 0 Å². The van der Waals surface area contributed by atoms with Crippen LogP contribution < -0.4 is 10.5 Å². The van der Waals surface area contributed by atoms with Crippen molar-refractivity contribution in [2.45, 2.75) is 44.6 Å². The minimum Gasteiger partial charge on any atom is -0.496 e. The molecule has 1 amide bonds. The Morgan fingerprint density at radius 2 is 1.94 bits per heavy atom. The first kappa shape index (κ1) is 21.7. The van der Waals surface area contributed by atoms with Crippen LogP contribution in [0.15, 0.2) is 42.6 Å². The molecule has 0 bridgehead atoms. The zero-order valence-electron chi connectivity index (χ0n) is 19.2. The van der Waals surface area contributed by atoms with Gasteiger partial charge in [0.05, 0.1) is 7.11 Å². The minimum absolute atomic E-state index is 0.263. The molecule has 3 aromatic rings. The third-order valence-electron chi connectivity index (χ3n) is 7.38. The fourth-order valence-corrected chi connectivity index (χ4v) is 5.56. The van der Waals surface area contributed by atoms with Crippen LogP contribution in [0.3, 0.4) is 0 Å². The quantitative estimate of drug-likeness (QED) is 0.618. The average molecular weight is 446 g/mol. The van der Waals surface area contributed by atoms with Crippen molar-refractivity contribution in [3.8, 4) is 5.75 Å². The number of carbonyl (C=O) groups excluding carboxylic acids is 2. The lowest BCUT2D eigenvalue weighted by molar-refractivity contribution is 0.0970. The van der Waals surface area contributed by atoms with Crippen molar-refractivity contribution in [2.75, 3.05) is 26.7 Å². The van der Waals surface area contributed by atoms with Crippen LogP contribution in [0.1, 0.15) is 63.6 Å². The molecule has 0 radical (unpaired) electrons. The molecule has 5 rings (SSSR count). The molecule has 2 aromatic carbocycles. The number of likely N-dealkylation sites (tertiary alicyclic amines) is 1. The molecule has 6 nitrogen and oxygen atoms in total. The molecular weight excluding hydrogens is 414 g/mol. The van der Waals surface area contributed by atoms with E-state index in [2.05, 4.69) is 21.7 Å². The monoisotopic (exact) mass is 445 g/mol. The second kappa shape index (κ2) is 9.02. The van der Waals surface area contributed by atoms with E-state index in [1.807, 2.05) is 24.3 Å². The second-order valence-corrected chi connectivity index (χ2v) is 9.23. The standard InChI is InChI=1S/C27H31N3O3/c1-33-26-8-7-22-21(3-2-4-25(22)31)23(26)12-15-29-13-10-20(11-14-29)30-16-9-18-5-6-19(27(28)32)17-24(18)30/h5-9,16-17,20H,2-4,10-15H2,1H3,(H2,28,32). The molecule has 2 heterocycles. The molecule has 2 N–H and O–H groups in total. The summed E-state index contributed by atoms with van der Waals surface area (Å²) in [5, 5.41) is 1.14. The summed E-state index contributed by atoms with van der Waals surface area (Å²) in [5.74, 6) is 0.779. The topological polar surface area (TPSA) is 77.6 Å². The van der Waals surface area contributed by atoms with Crippen LogP contribution in [0.4, 0.5) is 0 Å². The Balaban J connectivity index is 1.26. The molecule has 172 valence electrons. The number of hydrogen-bond donors (Lipinski definition) is 1. The smallest absolute Gasteiger partial charge is 0.248 e. The number of nitrogens with zero attached hydrogens (tertiary/aromatic N) is 2. The summed E-state index contributed by atoms with van der Waals surface area (Å²) in [6.45, 7) is 3.01. The van der Waals surface area contributed by atoms with Gasteiger partial charge in [-0.3, -0.25) is 9.59 Å². The lowest BCUT2D eigenvalue weighted by Gasteiger charge is -2.33. The first-order valence-electron chi connectivity index (χ1n) is 11.9. The summed E-state index contributed by atoms with van der Waals surface area (Å²) < 4.78 is 7.96. The maximum atomic E-state index is 12.4. The van der Waals surface area contributed by atoms with E-state index in [9.17, 15) is 9.59 Å². The van der Waals surface area contributed by atoms with Gasteiger partial charge in [-0.05, 0) is 78.9 Å². The third-order valence-corrected chi connectivity index (χ3v) is 7.38. The summed E-state index contributed by atoms with van der Waals surface area (Å²) in [5.41, 5.74) is 10.4. The number of amides is 1. The number of carbonyl (C=O) groups is 2. The van der Waals surface area contributed by atoms with E-state index in [4.69, 9.17) is 10.5 Å². The van der Waals surface area contributed by atoms with Crippen LogP contribution in [-0.4, -0.2) is 47.9 Å². The van der Waals surface area contributed by atoms with E-state index in [1.54, 1.807) is 13.2 Å². The molecule has 33 heavy (non-hydrogen) atoms. The molecular formula is C27H31N3O3. The number of nitrogens with two attached hydrogens (primary N) is 1. The Morgan fingerprint density at radius 1 is 1.12 bits per heavy atom. The highest BCUT2D eigenvalue weighted by molar-refractivity contribution is 5.99. The number of benzene rings is 2. The molecule has 6 heteroatoms. The van der Waals surface area contributed by atoms with Crippen LogP contribution in [0.25, 0.3) is 10.9 Å². The number of fused-ring (bicyclic) bond motifs is 2. The van der Waals surface area contributed by atoms with Gasteiger partial charge in [0.2, 0.25) is 5.91 Å². The summed E-state index contributed by atoms with van der Waals surface area (Å²) in [6.07, 6.45) is 7.71. The number of primary amides is 1. The van der Waals surface area contributed by atoms with Crippen LogP contribution in [0.2, 0.25) is 0 Å². The van der Waals surface area contributed by atoms with Gasteiger partial charge in [0.15, 0.2) is 5.78 Å². The maximum absolute atomic E-state index is 12.4. The van der Waals surface area contributed by atoms with Gasteiger partial charge in [-0.25, -0.2) is 0 Å². The molecule has 0 unspecified atom stereocenters. The number of rotatable bonds is 6. The highest BCUT2D eigenvalue weighted by atomic mass is 16.5. The lowest BCUT2D eigenvalue weighted by atomic mass is 9.86. The number of ether oxygens (including phenoxy) is 1. The fourth-order valence-electron chi connectivity index (χ4n) is 5.56. The van der Waals surface area contributed by atoms with Crippen molar-refractivity contribution < 1.29 is 14.3 Å². The normalized spacial score (nSPS) is 17.3. The largest absolute Gasteiger partial charge is 0.496 e. The highest BCUT2D eigenvalue weighted by Gasteiger charge is 2.25. The van der Waals surface area contributed by atoms with Gasteiger partial charge >= 0.3 is 0 Å². The molecule has 1 saturated heterocycles. The lowest BCUT2D eigenvalue weighted by Crippen LogP contribution is -2.36. The average Bonchev–Trinajstić information content (AvgIpc) is 3.26. The van der Waals surface area contributed by atoms with Gasteiger partial charge in [-0.15, -0.1) is 0 Å². The number of piperidine rings is 1. The molecule has 0 spiro atoms. The van der Waals surface area contributed by atoms with Crippen molar-refractivity contribution in [1.29, 1.82) is 0 Å². The van der Waals surface area contributed by atoms with E-state index in [0.717, 1.165) is 74.0 Å². The Labute approximate surface area is 194 Å². The van der Waals surface area contributed by atoms with Crippen LogP contribution in [0, 0.1) is 0 Å². The Hall–Kier alpha value is -3.12. The van der Waals surface area contributed by atoms with Crippen LogP contribution in [-0.2, 0) is 12.8 Å².